The molecule has 0 spiro atoms. The highest BCUT2D eigenvalue weighted by atomic mass is 19.4. The Labute approximate surface area is 169 Å². The molecule has 8 heteroatoms. The molecule has 158 valence electrons. The van der Waals surface area contributed by atoms with Crippen molar-refractivity contribution in [3.05, 3.63) is 53.2 Å². The van der Waals surface area contributed by atoms with Crippen LogP contribution >= 0.6 is 0 Å². The number of likely N-dealkylation sites (N-methyl/N-ethyl adjacent to an activating group) is 1. The average molecular weight is 409 g/mol. The number of aryl methyl sites for hydroxylation is 1. The first kappa shape index (κ1) is 22.5. The molecule has 5 nitrogen and oxygen atoms in total. The predicted octanol–water partition coefficient (Wildman–Crippen LogP) is 4.40. The van der Waals surface area contributed by atoms with Gasteiger partial charge in [-0.05, 0) is 44.5 Å². The van der Waals surface area contributed by atoms with E-state index in [1.54, 1.807) is 11.0 Å². The molecule has 1 heterocycles. The molecule has 0 aliphatic rings. The number of hydrogen-bond acceptors (Lipinski definition) is 4. The number of hydrogen-bond donors (Lipinski definition) is 0. The van der Waals surface area contributed by atoms with Gasteiger partial charge >= 0.3 is 6.18 Å². The van der Waals surface area contributed by atoms with Crippen LogP contribution in [0.15, 0.2) is 36.5 Å². The number of ether oxygens (including phenoxy) is 1. The Balaban J connectivity index is 2.11. The lowest BCUT2D eigenvalue weighted by atomic mass is 10.1. The molecule has 1 aromatic heterocycles. The molecule has 0 unspecified atom stereocenters. The number of nitrogens with zero attached hydrogens (tertiary/aromatic N) is 3. The van der Waals surface area contributed by atoms with E-state index < -0.39 is 11.7 Å². The maximum absolute atomic E-state index is 13.1. The van der Waals surface area contributed by atoms with Gasteiger partial charge in [0.15, 0.2) is 0 Å². The van der Waals surface area contributed by atoms with Crippen LogP contribution in [-0.2, 0) is 6.18 Å². The maximum Gasteiger partial charge on any atom is 0.417 e. The van der Waals surface area contributed by atoms with Crippen LogP contribution < -0.4 is 9.64 Å². The van der Waals surface area contributed by atoms with Crippen molar-refractivity contribution in [3.63, 3.8) is 0 Å². The summed E-state index contributed by atoms with van der Waals surface area (Å²) in [5.41, 5.74) is 1.63. The Hall–Kier alpha value is -2.77. The van der Waals surface area contributed by atoms with Gasteiger partial charge in [-0.25, -0.2) is 4.98 Å². The summed E-state index contributed by atoms with van der Waals surface area (Å²) in [6.07, 6.45) is -3.71. The van der Waals surface area contributed by atoms with Gasteiger partial charge in [0.25, 0.3) is 5.91 Å². The topological polar surface area (TPSA) is 45.7 Å². The summed E-state index contributed by atoms with van der Waals surface area (Å²) in [5.74, 6) is -0.0506. The summed E-state index contributed by atoms with van der Waals surface area (Å²) in [5, 5.41) is 0. The highest BCUT2D eigenvalue weighted by Crippen LogP contribution is 2.29. The first-order valence-corrected chi connectivity index (χ1v) is 9.29. The molecule has 1 aromatic carbocycles. The zero-order valence-electron chi connectivity index (χ0n) is 17.2. The molecule has 2 rings (SSSR count). The largest absolute Gasteiger partial charge is 0.475 e. The van der Waals surface area contributed by atoms with Crippen LogP contribution in [-0.4, -0.2) is 49.1 Å². The normalized spacial score (nSPS) is 12.4. The number of anilines is 1. The maximum atomic E-state index is 13.1. The Morgan fingerprint density at radius 1 is 1.21 bits per heavy atom. The molecule has 0 fully saturated rings. The zero-order chi connectivity index (χ0) is 21.8. The van der Waals surface area contributed by atoms with E-state index in [2.05, 4.69) is 4.98 Å². The molecule has 29 heavy (non-hydrogen) atoms. The van der Waals surface area contributed by atoms with Gasteiger partial charge in [-0.2, -0.15) is 13.2 Å². The molecule has 0 aliphatic carbocycles. The van der Waals surface area contributed by atoms with Crippen molar-refractivity contribution in [1.29, 1.82) is 0 Å². The summed E-state index contributed by atoms with van der Waals surface area (Å²) in [6.45, 7) is 6.24. The molecule has 2 aromatic rings. The molecule has 0 bridgehead atoms. The number of benzene rings is 1. The number of pyridine rings is 1. The van der Waals surface area contributed by atoms with Gasteiger partial charge in [0, 0.05) is 38.6 Å². The number of carbonyl (C=O) groups excluding carboxylic acids is 1. The lowest BCUT2D eigenvalue weighted by molar-refractivity contribution is -0.137. The van der Waals surface area contributed by atoms with Crippen molar-refractivity contribution in [1.82, 2.24) is 9.88 Å². The van der Waals surface area contributed by atoms with Crippen molar-refractivity contribution in [3.8, 4) is 5.88 Å². The van der Waals surface area contributed by atoms with Crippen molar-refractivity contribution in [2.75, 3.05) is 32.1 Å². The van der Waals surface area contributed by atoms with E-state index in [4.69, 9.17) is 4.74 Å². The molecule has 0 aliphatic heterocycles. The van der Waals surface area contributed by atoms with Crippen LogP contribution in [0.4, 0.5) is 18.9 Å². The Morgan fingerprint density at radius 2 is 1.90 bits per heavy atom. The van der Waals surface area contributed by atoms with E-state index >= 15 is 0 Å². The van der Waals surface area contributed by atoms with Crippen LogP contribution in [0.2, 0.25) is 0 Å². The van der Waals surface area contributed by atoms with E-state index in [0.29, 0.717) is 12.1 Å². The van der Waals surface area contributed by atoms with Crippen molar-refractivity contribution in [2.45, 2.75) is 33.0 Å². The molecule has 0 saturated carbocycles. The van der Waals surface area contributed by atoms with Crippen molar-refractivity contribution < 1.29 is 22.7 Å². The van der Waals surface area contributed by atoms with Gasteiger partial charge in [-0.1, -0.05) is 6.07 Å². The summed E-state index contributed by atoms with van der Waals surface area (Å²) in [6, 6.07) is 7.45. The van der Waals surface area contributed by atoms with Crippen LogP contribution in [0.25, 0.3) is 0 Å². The van der Waals surface area contributed by atoms with E-state index in [9.17, 15) is 18.0 Å². The third kappa shape index (κ3) is 5.62. The van der Waals surface area contributed by atoms with Crippen LogP contribution in [0.1, 0.15) is 35.3 Å². The zero-order valence-corrected chi connectivity index (χ0v) is 17.2. The van der Waals surface area contributed by atoms with Gasteiger partial charge in [-0.3, -0.25) is 4.79 Å². The summed E-state index contributed by atoms with van der Waals surface area (Å²) in [7, 11) is 3.76. The van der Waals surface area contributed by atoms with Crippen LogP contribution in [0, 0.1) is 6.92 Å². The molecule has 1 amide bonds. The molecular formula is C21H26F3N3O2. The minimum atomic E-state index is -4.44. The third-order valence-electron chi connectivity index (χ3n) is 4.54. The highest BCUT2D eigenvalue weighted by molar-refractivity contribution is 6.00. The second-order valence-corrected chi connectivity index (χ2v) is 7.05. The number of amides is 1. The predicted molar refractivity (Wildman–Crippen MR) is 106 cm³/mol. The lowest BCUT2D eigenvalue weighted by Crippen LogP contribution is -2.42. The Morgan fingerprint density at radius 3 is 2.41 bits per heavy atom. The lowest BCUT2D eigenvalue weighted by Gasteiger charge is -2.29. The minimum absolute atomic E-state index is 0.0812. The number of halogens is 3. The summed E-state index contributed by atoms with van der Waals surface area (Å²) < 4.78 is 43.4. The Kier molecular flexibility index (Phi) is 7.11. The molecular weight excluding hydrogens is 383 g/mol. The monoisotopic (exact) mass is 409 g/mol. The van der Waals surface area contributed by atoms with E-state index in [0.717, 1.165) is 23.5 Å². The smallest absolute Gasteiger partial charge is 0.417 e. The number of rotatable bonds is 7. The van der Waals surface area contributed by atoms with Gasteiger partial charge in [-0.15, -0.1) is 0 Å². The fourth-order valence-electron chi connectivity index (χ4n) is 2.93. The van der Waals surface area contributed by atoms with Crippen molar-refractivity contribution >= 4 is 11.6 Å². The molecule has 0 N–H and O–H groups in total. The van der Waals surface area contributed by atoms with Gasteiger partial charge in [0.05, 0.1) is 17.2 Å². The van der Waals surface area contributed by atoms with E-state index in [1.807, 2.05) is 51.9 Å². The fraction of sp³-hybridized carbons (Fsp3) is 0.429. The quantitative estimate of drug-likeness (QED) is 0.680. The van der Waals surface area contributed by atoms with Gasteiger partial charge < -0.3 is 14.5 Å². The second-order valence-electron chi connectivity index (χ2n) is 7.05. The molecule has 1 atom stereocenters. The SMILES string of the molecule is CCN(C(=O)c1ccc(C)cc1N(C)C)[C@@H](C)COc1ccc(C(F)(F)F)cn1. The first-order valence-electron chi connectivity index (χ1n) is 9.29. The van der Waals surface area contributed by atoms with Gasteiger partial charge in [0.2, 0.25) is 5.88 Å². The number of carbonyl (C=O) groups is 1. The second kappa shape index (κ2) is 9.15. The average Bonchev–Trinajstić information content (AvgIpc) is 2.66. The van der Waals surface area contributed by atoms with Crippen LogP contribution in [0.5, 0.6) is 5.88 Å². The van der Waals surface area contributed by atoms with E-state index in [1.165, 1.54) is 6.07 Å². The summed E-state index contributed by atoms with van der Waals surface area (Å²) in [4.78, 5) is 20.4. The Bertz CT molecular complexity index is 836. The molecule has 0 radical (unpaired) electrons. The standard InChI is InChI=1S/C21H26F3N3O2/c1-6-27(20(28)17-9-7-14(2)11-18(17)26(4)5)15(3)13-29-19-10-8-16(12-25-19)21(22,23)24/h7-12,15H,6,13H2,1-5H3/t15-/m0/s1. The summed E-state index contributed by atoms with van der Waals surface area (Å²) >= 11 is 0. The van der Waals surface area contributed by atoms with Crippen LogP contribution in [0.3, 0.4) is 0 Å². The first-order chi connectivity index (χ1) is 13.5. The fourth-order valence-corrected chi connectivity index (χ4v) is 2.93. The third-order valence-corrected chi connectivity index (χ3v) is 4.54. The van der Waals surface area contributed by atoms with E-state index in [-0.39, 0.29) is 24.4 Å². The number of aromatic nitrogens is 1. The number of alkyl halides is 3. The van der Waals surface area contributed by atoms with Crippen molar-refractivity contribution in [2.24, 2.45) is 0 Å². The van der Waals surface area contributed by atoms with Gasteiger partial charge in [0.1, 0.15) is 6.61 Å². The highest BCUT2D eigenvalue weighted by Gasteiger charge is 2.31. The minimum Gasteiger partial charge on any atom is -0.475 e. The molecule has 0 saturated heterocycles.